The highest BCUT2D eigenvalue weighted by molar-refractivity contribution is 4.99. The second kappa shape index (κ2) is 4.06. The smallest absolute Gasteiger partial charge is 0.0871 e. The molecule has 1 fully saturated rings. The Morgan fingerprint density at radius 3 is 3.08 bits per heavy atom. The molecule has 0 bridgehead atoms. The summed E-state index contributed by atoms with van der Waals surface area (Å²) in [6, 6.07) is 0. The normalized spacial score (nSPS) is 36.3. The fraction of sp³-hybridized carbons (Fsp3) is 0.800. The summed E-state index contributed by atoms with van der Waals surface area (Å²) in [7, 11) is 0. The van der Waals surface area contributed by atoms with Crippen LogP contribution in [0.25, 0.3) is 0 Å². The molecule has 2 unspecified atom stereocenters. The zero-order chi connectivity index (χ0) is 9.03. The molecule has 1 aliphatic rings. The van der Waals surface area contributed by atoms with Gasteiger partial charge in [0.1, 0.15) is 0 Å². The van der Waals surface area contributed by atoms with Crippen LogP contribution in [0, 0.1) is 0 Å². The van der Waals surface area contributed by atoms with Gasteiger partial charge in [0.25, 0.3) is 0 Å². The van der Waals surface area contributed by atoms with Crippen LogP contribution in [-0.4, -0.2) is 23.4 Å². The van der Waals surface area contributed by atoms with Crippen LogP contribution in [0.2, 0.25) is 0 Å². The molecule has 1 rings (SSSR count). The van der Waals surface area contributed by atoms with Crippen LogP contribution in [-0.2, 0) is 4.74 Å². The summed E-state index contributed by atoms with van der Waals surface area (Å²) in [6.45, 7) is 6.43. The Hall–Kier alpha value is -0.340. The van der Waals surface area contributed by atoms with E-state index in [-0.39, 0.29) is 6.10 Å². The monoisotopic (exact) mass is 170 g/mol. The third kappa shape index (κ3) is 2.32. The van der Waals surface area contributed by atoms with E-state index in [2.05, 4.69) is 13.5 Å². The first-order valence-corrected chi connectivity index (χ1v) is 4.68. The van der Waals surface area contributed by atoms with Crippen molar-refractivity contribution in [2.45, 2.75) is 44.3 Å². The summed E-state index contributed by atoms with van der Waals surface area (Å²) < 4.78 is 5.51. The Balaban J connectivity index is 2.45. The number of aliphatic hydroxyl groups is 1. The quantitative estimate of drug-likeness (QED) is 0.655. The molecule has 1 heterocycles. The lowest BCUT2D eigenvalue weighted by Gasteiger charge is -2.34. The average Bonchev–Trinajstić information content (AvgIpc) is 2.05. The Bertz CT molecular complexity index is 154. The van der Waals surface area contributed by atoms with Gasteiger partial charge in [-0.05, 0) is 6.42 Å². The van der Waals surface area contributed by atoms with Crippen molar-refractivity contribution in [1.29, 1.82) is 0 Å². The Morgan fingerprint density at radius 2 is 2.50 bits per heavy atom. The van der Waals surface area contributed by atoms with E-state index in [9.17, 15) is 5.11 Å². The Morgan fingerprint density at radius 1 is 1.75 bits per heavy atom. The van der Waals surface area contributed by atoms with Gasteiger partial charge in [-0.3, -0.25) is 0 Å². The Kier molecular flexibility index (Phi) is 3.29. The molecular formula is C10H18O2. The lowest BCUT2D eigenvalue weighted by Crippen LogP contribution is -2.38. The van der Waals surface area contributed by atoms with E-state index in [1.54, 1.807) is 6.08 Å². The van der Waals surface area contributed by atoms with E-state index in [1.807, 2.05) is 0 Å². The van der Waals surface area contributed by atoms with E-state index in [1.165, 1.54) is 0 Å². The summed E-state index contributed by atoms with van der Waals surface area (Å²) in [4.78, 5) is 0. The van der Waals surface area contributed by atoms with Crippen molar-refractivity contribution in [3.63, 3.8) is 0 Å². The van der Waals surface area contributed by atoms with Crippen LogP contribution in [0.5, 0.6) is 0 Å². The molecule has 70 valence electrons. The van der Waals surface area contributed by atoms with Crippen molar-refractivity contribution in [2.75, 3.05) is 6.61 Å². The number of rotatable bonds is 3. The van der Waals surface area contributed by atoms with Crippen molar-refractivity contribution >= 4 is 0 Å². The number of hydrogen-bond acceptors (Lipinski definition) is 2. The molecule has 0 radical (unpaired) electrons. The van der Waals surface area contributed by atoms with Crippen molar-refractivity contribution < 1.29 is 9.84 Å². The number of ether oxygens (including phenoxy) is 1. The molecule has 12 heavy (non-hydrogen) atoms. The van der Waals surface area contributed by atoms with E-state index < -0.39 is 5.60 Å². The van der Waals surface area contributed by atoms with Gasteiger partial charge in [0.2, 0.25) is 0 Å². The van der Waals surface area contributed by atoms with Crippen LogP contribution < -0.4 is 0 Å². The van der Waals surface area contributed by atoms with Crippen LogP contribution in [0.15, 0.2) is 12.7 Å². The van der Waals surface area contributed by atoms with Gasteiger partial charge in [0, 0.05) is 19.4 Å². The molecule has 1 N–H and O–H groups in total. The van der Waals surface area contributed by atoms with Gasteiger partial charge in [0.15, 0.2) is 0 Å². The highest BCUT2D eigenvalue weighted by Crippen LogP contribution is 2.27. The minimum absolute atomic E-state index is 0.228. The lowest BCUT2D eigenvalue weighted by molar-refractivity contribution is -0.0810. The van der Waals surface area contributed by atoms with Gasteiger partial charge in [-0.25, -0.2) is 0 Å². The van der Waals surface area contributed by atoms with Crippen LogP contribution in [0.3, 0.4) is 0 Å². The molecule has 0 aromatic heterocycles. The molecule has 0 aliphatic carbocycles. The standard InChI is InChI=1S/C10H18O2/c1-3-5-9-8-10(11,4-2)6-7-12-9/h4,9,11H,2-3,5-8H2,1H3. The first-order chi connectivity index (χ1) is 5.70. The lowest BCUT2D eigenvalue weighted by atomic mass is 9.89. The third-order valence-electron chi connectivity index (χ3n) is 2.46. The average molecular weight is 170 g/mol. The zero-order valence-electron chi connectivity index (χ0n) is 7.75. The van der Waals surface area contributed by atoms with Gasteiger partial charge < -0.3 is 9.84 Å². The first kappa shape index (κ1) is 9.75. The maximum Gasteiger partial charge on any atom is 0.0871 e. The van der Waals surface area contributed by atoms with Gasteiger partial charge >= 0.3 is 0 Å². The predicted octanol–water partition coefficient (Wildman–Crippen LogP) is 1.88. The second-order valence-electron chi connectivity index (χ2n) is 3.54. The third-order valence-corrected chi connectivity index (χ3v) is 2.46. The summed E-state index contributed by atoms with van der Waals surface area (Å²) in [5, 5.41) is 9.88. The fourth-order valence-electron chi connectivity index (χ4n) is 1.65. The van der Waals surface area contributed by atoms with Gasteiger partial charge in [-0.2, -0.15) is 0 Å². The molecule has 0 aromatic carbocycles. The van der Waals surface area contributed by atoms with E-state index >= 15 is 0 Å². The molecule has 0 aromatic rings. The molecule has 0 spiro atoms. The molecule has 1 aliphatic heterocycles. The maximum atomic E-state index is 9.88. The molecule has 0 amide bonds. The highest BCUT2D eigenvalue weighted by Gasteiger charge is 2.31. The van der Waals surface area contributed by atoms with Gasteiger partial charge in [-0.15, -0.1) is 6.58 Å². The van der Waals surface area contributed by atoms with Crippen LogP contribution >= 0.6 is 0 Å². The molecule has 2 heteroatoms. The predicted molar refractivity (Wildman–Crippen MR) is 49.0 cm³/mol. The molecule has 0 saturated carbocycles. The summed E-state index contributed by atoms with van der Waals surface area (Å²) >= 11 is 0. The van der Waals surface area contributed by atoms with Gasteiger partial charge in [0.05, 0.1) is 11.7 Å². The number of hydrogen-bond donors (Lipinski definition) is 1. The fourth-order valence-corrected chi connectivity index (χ4v) is 1.65. The van der Waals surface area contributed by atoms with Crippen molar-refractivity contribution in [1.82, 2.24) is 0 Å². The minimum Gasteiger partial charge on any atom is -0.386 e. The molecular weight excluding hydrogens is 152 g/mol. The van der Waals surface area contributed by atoms with E-state index in [0.717, 1.165) is 12.8 Å². The van der Waals surface area contributed by atoms with Crippen molar-refractivity contribution in [2.24, 2.45) is 0 Å². The van der Waals surface area contributed by atoms with Crippen LogP contribution in [0.4, 0.5) is 0 Å². The van der Waals surface area contributed by atoms with E-state index in [4.69, 9.17) is 4.74 Å². The van der Waals surface area contributed by atoms with E-state index in [0.29, 0.717) is 19.4 Å². The van der Waals surface area contributed by atoms with Crippen molar-refractivity contribution in [3.8, 4) is 0 Å². The van der Waals surface area contributed by atoms with Crippen LogP contribution in [0.1, 0.15) is 32.6 Å². The second-order valence-corrected chi connectivity index (χ2v) is 3.54. The summed E-state index contributed by atoms with van der Waals surface area (Å²) in [5.41, 5.74) is -0.669. The summed E-state index contributed by atoms with van der Waals surface area (Å²) in [5.74, 6) is 0. The molecule has 2 atom stereocenters. The highest BCUT2D eigenvalue weighted by atomic mass is 16.5. The van der Waals surface area contributed by atoms with Crippen molar-refractivity contribution in [3.05, 3.63) is 12.7 Å². The summed E-state index contributed by atoms with van der Waals surface area (Å²) in [6.07, 6.45) is 5.43. The largest absolute Gasteiger partial charge is 0.386 e. The minimum atomic E-state index is -0.669. The SMILES string of the molecule is C=CC1(O)CCOC(CCC)C1. The zero-order valence-corrected chi connectivity index (χ0v) is 7.75. The molecule has 2 nitrogen and oxygen atoms in total. The maximum absolute atomic E-state index is 9.88. The molecule has 1 saturated heterocycles. The van der Waals surface area contributed by atoms with Gasteiger partial charge in [-0.1, -0.05) is 19.4 Å². The topological polar surface area (TPSA) is 29.5 Å². The Labute approximate surface area is 74.2 Å². The first-order valence-electron chi connectivity index (χ1n) is 4.68.